The van der Waals surface area contributed by atoms with E-state index in [0.29, 0.717) is 0 Å². The van der Waals surface area contributed by atoms with Crippen LogP contribution >= 0.6 is 0 Å². The maximum atomic E-state index is 12.6. The summed E-state index contributed by atoms with van der Waals surface area (Å²) in [6.45, 7) is -0.612. The van der Waals surface area contributed by atoms with Crippen LogP contribution in [-0.2, 0) is 0 Å². The average molecular weight is 260 g/mol. The van der Waals surface area contributed by atoms with Crippen molar-refractivity contribution < 1.29 is 35.1 Å². The van der Waals surface area contributed by atoms with Crippen LogP contribution in [0.1, 0.15) is 6.92 Å². The third-order valence-corrected chi connectivity index (χ3v) is 1.78. The van der Waals surface area contributed by atoms with Gasteiger partial charge in [0, 0.05) is 6.92 Å². The van der Waals surface area contributed by atoms with Crippen molar-refractivity contribution in [3.63, 3.8) is 0 Å². The lowest BCUT2D eigenvalue weighted by Gasteiger charge is -2.36. The van der Waals surface area contributed by atoms with Gasteiger partial charge in [0.1, 0.15) is 6.17 Å². The first kappa shape index (κ1) is 15.4. The van der Waals surface area contributed by atoms with Crippen molar-refractivity contribution in [2.24, 2.45) is 11.5 Å². The number of halogens is 8. The summed E-state index contributed by atoms with van der Waals surface area (Å²) < 4.78 is 99.5. The standard InChI is InChI=1S/C6H8F8N2/c1-3(7,8)5(11,12)6(13,14)4(9,10)2(15)16/h2H,15-16H2,1H3. The second kappa shape index (κ2) is 3.69. The molecule has 2 nitrogen and oxygen atoms in total. The lowest BCUT2D eigenvalue weighted by Crippen LogP contribution is -2.68. The second-order valence-corrected chi connectivity index (χ2v) is 3.19. The molecule has 0 rings (SSSR count). The van der Waals surface area contributed by atoms with Crippen molar-refractivity contribution in [2.75, 3.05) is 0 Å². The van der Waals surface area contributed by atoms with E-state index in [1.807, 2.05) is 0 Å². The molecule has 0 aliphatic rings. The van der Waals surface area contributed by atoms with E-state index < -0.39 is 36.8 Å². The summed E-state index contributed by atoms with van der Waals surface area (Å²) in [6.07, 6.45) is -3.20. The molecule has 0 saturated carbocycles. The molecule has 0 aliphatic heterocycles. The largest absolute Gasteiger partial charge is 0.381 e. The molecule has 0 bridgehead atoms. The zero-order valence-electron chi connectivity index (χ0n) is 7.76. The third-order valence-electron chi connectivity index (χ3n) is 1.78. The molecule has 0 aliphatic carbocycles. The van der Waals surface area contributed by atoms with Crippen LogP contribution in [0, 0.1) is 0 Å². The molecular weight excluding hydrogens is 252 g/mol. The zero-order valence-corrected chi connectivity index (χ0v) is 7.76. The molecule has 0 atom stereocenters. The van der Waals surface area contributed by atoms with E-state index in [-0.39, 0.29) is 0 Å². The van der Waals surface area contributed by atoms with Crippen LogP contribution in [0.2, 0.25) is 0 Å². The summed E-state index contributed by atoms with van der Waals surface area (Å²) in [7, 11) is 0. The summed E-state index contributed by atoms with van der Waals surface area (Å²) in [5.41, 5.74) is 8.33. The van der Waals surface area contributed by atoms with Gasteiger partial charge in [-0.05, 0) is 0 Å². The number of rotatable bonds is 4. The number of hydrogen-bond acceptors (Lipinski definition) is 2. The Morgan fingerprint density at radius 3 is 1.25 bits per heavy atom. The molecular formula is C6H8F8N2. The van der Waals surface area contributed by atoms with E-state index in [1.54, 1.807) is 0 Å². The van der Waals surface area contributed by atoms with Crippen molar-refractivity contribution in [3.05, 3.63) is 0 Å². The van der Waals surface area contributed by atoms with Crippen LogP contribution in [-0.4, -0.2) is 29.9 Å². The zero-order chi connectivity index (χ0) is 13.6. The van der Waals surface area contributed by atoms with Crippen molar-refractivity contribution in [1.82, 2.24) is 0 Å². The predicted molar refractivity (Wildman–Crippen MR) is 37.6 cm³/mol. The van der Waals surface area contributed by atoms with E-state index in [4.69, 9.17) is 0 Å². The van der Waals surface area contributed by atoms with Crippen molar-refractivity contribution in [2.45, 2.75) is 36.8 Å². The maximum absolute atomic E-state index is 12.6. The number of hydrogen-bond donors (Lipinski definition) is 2. The van der Waals surface area contributed by atoms with Crippen LogP contribution in [0.25, 0.3) is 0 Å². The first-order valence-electron chi connectivity index (χ1n) is 3.72. The molecule has 0 aromatic carbocycles. The lowest BCUT2D eigenvalue weighted by molar-refractivity contribution is -0.365. The highest BCUT2D eigenvalue weighted by molar-refractivity contribution is 5.04. The van der Waals surface area contributed by atoms with Gasteiger partial charge in [-0.1, -0.05) is 0 Å². The van der Waals surface area contributed by atoms with Gasteiger partial charge in [0.05, 0.1) is 0 Å². The Bertz CT molecular complexity index is 256. The van der Waals surface area contributed by atoms with Crippen LogP contribution in [0.15, 0.2) is 0 Å². The molecule has 0 aromatic rings. The van der Waals surface area contributed by atoms with Crippen LogP contribution in [0.3, 0.4) is 0 Å². The molecule has 98 valence electrons. The SMILES string of the molecule is CC(F)(F)C(F)(F)C(F)(F)C(F)(F)C(N)N. The van der Waals surface area contributed by atoms with Crippen LogP contribution < -0.4 is 11.5 Å². The highest BCUT2D eigenvalue weighted by Crippen LogP contribution is 2.52. The third kappa shape index (κ3) is 1.95. The fourth-order valence-corrected chi connectivity index (χ4v) is 0.694. The highest BCUT2D eigenvalue weighted by Gasteiger charge is 2.80. The minimum Gasteiger partial charge on any atom is -0.311 e. The molecule has 16 heavy (non-hydrogen) atoms. The Morgan fingerprint density at radius 2 is 1.06 bits per heavy atom. The molecule has 0 unspecified atom stereocenters. The monoisotopic (exact) mass is 260 g/mol. The average Bonchev–Trinajstić information content (AvgIpc) is 2.00. The first-order valence-corrected chi connectivity index (χ1v) is 3.72. The van der Waals surface area contributed by atoms with Gasteiger partial charge in [-0.25, -0.2) is 0 Å². The molecule has 0 aromatic heterocycles. The maximum Gasteiger partial charge on any atom is 0.381 e. The number of alkyl halides is 8. The van der Waals surface area contributed by atoms with E-state index in [0.717, 1.165) is 0 Å². The fraction of sp³-hybridized carbons (Fsp3) is 1.00. The number of nitrogens with two attached hydrogens (primary N) is 2. The van der Waals surface area contributed by atoms with Crippen LogP contribution in [0.4, 0.5) is 35.1 Å². The smallest absolute Gasteiger partial charge is 0.311 e. The second-order valence-electron chi connectivity index (χ2n) is 3.19. The highest BCUT2D eigenvalue weighted by atomic mass is 19.4. The molecule has 0 heterocycles. The normalized spacial score (nSPS) is 15.8. The molecule has 10 heteroatoms. The Kier molecular flexibility index (Phi) is 3.54. The summed E-state index contributed by atoms with van der Waals surface area (Å²) in [5, 5.41) is 0. The van der Waals surface area contributed by atoms with Crippen molar-refractivity contribution >= 4 is 0 Å². The molecule has 0 saturated heterocycles. The van der Waals surface area contributed by atoms with Gasteiger partial charge >= 0.3 is 23.7 Å². The topological polar surface area (TPSA) is 52.0 Å². The molecule has 0 spiro atoms. The fourth-order valence-electron chi connectivity index (χ4n) is 0.694. The molecule has 0 fully saturated rings. The Labute approximate surface area is 84.6 Å². The van der Waals surface area contributed by atoms with Gasteiger partial charge in [-0.15, -0.1) is 0 Å². The Hall–Kier alpha value is -0.640. The quantitative estimate of drug-likeness (QED) is 0.598. The van der Waals surface area contributed by atoms with Crippen molar-refractivity contribution in [3.8, 4) is 0 Å². The summed E-state index contributed by atoms with van der Waals surface area (Å²) >= 11 is 0. The minimum atomic E-state index is -6.37. The first-order chi connectivity index (χ1) is 6.69. The van der Waals surface area contributed by atoms with Gasteiger partial charge in [0.25, 0.3) is 0 Å². The van der Waals surface area contributed by atoms with Gasteiger partial charge in [0.2, 0.25) is 0 Å². The van der Waals surface area contributed by atoms with E-state index in [9.17, 15) is 35.1 Å². The van der Waals surface area contributed by atoms with E-state index in [1.165, 1.54) is 0 Å². The Morgan fingerprint density at radius 1 is 0.750 bits per heavy atom. The van der Waals surface area contributed by atoms with Gasteiger partial charge < -0.3 is 11.5 Å². The van der Waals surface area contributed by atoms with E-state index in [2.05, 4.69) is 11.5 Å². The van der Waals surface area contributed by atoms with Gasteiger partial charge in [-0.3, -0.25) is 0 Å². The van der Waals surface area contributed by atoms with Gasteiger partial charge in [-0.2, -0.15) is 35.1 Å². The van der Waals surface area contributed by atoms with E-state index >= 15 is 0 Å². The molecule has 0 radical (unpaired) electrons. The predicted octanol–water partition coefficient (Wildman–Crippen LogP) is 1.79. The summed E-state index contributed by atoms with van der Waals surface area (Å²) in [6, 6.07) is 0. The van der Waals surface area contributed by atoms with Crippen LogP contribution in [0.5, 0.6) is 0 Å². The van der Waals surface area contributed by atoms with Gasteiger partial charge in [0.15, 0.2) is 0 Å². The molecule has 4 N–H and O–H groups in total. The van der Waals surface area contributed by atoms with Crippen molar-refractivity contribution in [1.29, 1.82) is 0 Å². The summed E-state index contributed by atoms with van der Waals surface area (Å²) in [5.74, 6) is -23.7. The molecule has 0 amide bonds. The lowest BCUT2D eigenvalue weighted by atomic mass is 9.98. The summed E-state index contributed by atoms with van der Waals surface area (Å²) in [4.78, 5) is 0. The Balaban J connectivity index is 5.53. The minimum absolute atomic E-state index is 0.612.